The maximum atomic E-state index is 13.7. The van der Waals surface area contributed by atoms with Gasteiger partial charge in [-0.05, 0) is 67.8 Å². The standard InChI is InChI=1S/C27H29F2N3O3.CH4O/c1-17-4-3-5-19(10-17)16-30-9-8-24(13-20-11-21(28)14-22(29)12-20)32-27(35)25-15-23(31-18(2)33)6-7-26(25)34;1-2/h3-7,10-12,14-15,24,30,34H,8-9,13,16H2,1-2H3,(H,31,33)(H,32,35);2H,1H3/t24-;/m1./s1. The SMILES string of the molecule is CC(=O)Nc1ccc(O)c(C(=O)N[C@H](CCNCc2cccc(C)c2)Cc2cc(F)cc(F)c2)c1.CO. The second-order valence-corrected chi connectivity index (χ2v) is 8.52. The Hall–Kier alpha value is -3.82. The van der Waals surface area contributed by atoms with Crippen LogP contribution in [0.25, 0.3) is 0 Å². The highest BCUT2D eigenvalue weighted by molar-refractivity contribution is 5.99. The molecule has 3 aromatic rings. The Morgan fingerprint density at radius 2 is 1.65 bits per heavy atom. The van der Waals surface area contributed by atoms with Gasteiger partial charge in [-0.15, -0.1) is 0 Å². The summed E-state index contributed by atoms with van der Waals surface area (Å²) in [5.74, 6) is -2.50. The monoisotopic (exact) mass is 513 g/mol. The second kappa shape index (κ2) is 14.7. The topological polar surface area (TPSA) is 111 Å². The highest BCUT2D eigenvalue weighted by atomic mass is 19.1. The molecule has 1 atom stereocenters. The molecule has 0 radical (unpaired) electrons. The Labute approximate surface area is 215 Å². The molecule has 198 valence electrons. The number of aliphatic hydroxyl groups is 1. The molecule has 7 nitrogen and oxygen atoms in total. The molecule has 0 fully saturated rings. The number of phenolic OH excluding ortho intramolecular Hbond substituents is 1. The van der Waals surface area contributed by atoms with Crippen molar-refractivity contribution in [2.45, 2.75) is 39.3 Å². The molecular formula is C28H33F2N3O4. The van der Waals surface area contributed by atoms with Crippen LogP contribution in [0.15, 0.2) is 60.7 Å². The van der Waals surface area contributed by atoms with Crippen molar-refractivity contribution in [2.24, 2.45) is 0 Å². The van der Waals surface area contributed by atoms with Crippen LogP contribution >= 0.6 is 0 Å². The van der Waals surface area contributed by atoms with Crippen molar-refractivity contribution in [1.29, 1.82) is 0 Å². The van der Waals surface area contributed by atoms with E-state index in [1.807, 2.05) is 25.1 Å². The van der Waals surface area contributed by atoms with Crippen molar-refractivity contribution in [3.63, 3.8) is 0 Å². The Bertz CT molecular complexity index is 1180. The quantitative estimate of drug-likeness (QED) is 0.207. The summed E-state index contributed by atoms with van der Waals surface area (Å²) in [5, 5.41) is 25.9. The minimum absolute atomic E-state index is 0.0145. The summed E-state index contributed by atoms with van der Waals surface area (Å²) in [5.41, 5.74) is 3.03. The minimum Gasteiger partial charge on any atom is -0.507 e. The summed E-state index contributed by atoms with van der Waals surface area (Å²) < 4.78 is 27.5. The molecule has 3 rings (SSSR count). The van der Waals surface area contributed by atoms with Crippen LogP contribution in [0.5, 0.6) is 5.75 Å². The van der Waals surface area contributed by atoms with E-state index in [-0.39, 0.29) is 23.6 Å². The number of aliphatic hydroxyl groups excluding tert-OH is 1. The minimum atomic E-state index is -0.691. The van der Waals surface area contributed by atoms with E-state index >= 15 is 0 Å². The molecule has 0 unspecified atom stereocenters. The Morgan fingerprint density at radius 1 is 0.946 bits per heavy atom. The van der Waals surface area contributed by atoms with Crippen LogP contribution in [0.4, 0.5) is 14.5 Å². The maximum Gasteiger partial charge on any atom is 0.255 e. The van der Waals surface area contributed by atoms with E-state index in [1.165, 1.54) is 37.3 Å². The number of carbonyl (C=O) groups is 2. The Kier molecular flexibility index (Phi) is 11.7. The molecule has 2 amide bonds. The number of hydrogen-bond acceptors (Lipinski definition) is 5. The van der Waals surface area contributed by atoms with Gasteiger partial charge >= 0.3 is 0 Å². The molecule has 0 saturated carbocycles. The predicted octanol–water partition coefficient (Wildman–Crippen LogP) is 4.07. The third-order valence-electron chi connectivity index (χ3n) is 5.38. The van der Waals surface area contributed by atoms with Crippen LogP contribution < -0.4 is 16.0 Å². The van der Waals surface area contributed by atoms with E-state index in [9.17, 15) is 23.5 Å². The van der Waals surface area contributed by atoms with Crippen LogP contribution in [0.1, 0.15) is 40.4 Å². The van der Waals surface area contributed by atoms with Crippen LogP contribution in [0.2, 0.25) is 0 Å². The number of rotatable bonds is 10. The molecular weight excluding hydrogens is 480 g/mol. The van der Waals surface area contributed by atoms with Gasteiger partial charge in [0.25, 0.3) is 5.91 Å². The molecule has 5 N–H and O–H groups in total. The average Bonchev–Trinajstić information content (AvgIpc) is 2.83. The normalized spacial score (nSPS) is 11.2. The molecule has 0 aromatic heterocycles. The molecule has 0 bridgehead atoms. The zero-order chi connectivity index (χ0) is 27.4. The number of aryl methyl sites for hydroxylation is 1. The summed E-state index contributed by atoms with van der Waals surface area (Å²) in [6.45, 7) is 4.53. The highest BCUT2D eigenvalue weighted by Crippen LogP contribution is 2.22. The van der Waals surface area contributed by atoms with E-state index in [0.29, 0.717) is 30.8 Å². The van der Waals surface area contributed by atoms with E-state index in [4.69, 9.17) is 5.11 Å². The number of amides is 2. The molecule has 0 saturated heterocycles. The molecule has 0 aliphatic rings. The van der Waals surface area contributed by atoms with Crippen molar-refractivity contribution < 1.29 is 28.6 Å². The lowest BCUT2D eigenvalue weighted by Gasteiger charge is -2.20. The van der Waals surface area contributed by atoms with Crippen LogP contribution in [-0.2, 0) is 17.8 Å². The number of halogens is 2. The molecule has 0 aliphatic carbocycles. The number of anilines is 1. The zero-order valence-electron chi connectivity index (χ0n) is 21.1. The van der Waals surface area contributed by atoms with Gasteiger partial charge in [-0.2, -0.15) is 0 Å². The van der Waals surface area contributed by atoms with Crippen LogP contribution in [0.3, 0.4) is 0 Å². The number of phenols is 1. The number of carbonyl (C=O) groups excluding carboxylic acids is 2. The first-order chi connectivity index (χ1) is 17.7. The molecule has 3 aromatic carbocycles. The van der Waals surface area contributed by atoms with Crippen molar-refractivity contribution >= 4 is 17.5 Å². The average molecular weight is 514 g/mol. The molecule has 9 heteroatoms. The summed E-state index contributed by atoms with van der Waals surface area (Å²) >= 11 is 0. The maximum absolute atomic E-state index is 13.7. The molecule has 37 heavy (non-hydrogen) atoms. The van der Waals surface area contributed by atoms with Gasteiger partial charge in [0.05, 0.1) is 5.56 Å². The van der Waals surface area contributed by atoms with Gasteiger partial charge in [-0.1, -0.05) is 29.8 Å². The third-order valence-corrected chi connectivity index (χ3v) is 5.38. The number of nitrogens with one attached hydrogen (secondary N) is 3. The lowest BCUT2D eigenvalue weighted by Crippen LogP contribution is -2.38. The van der Waals surface area contributed by atoms with Gasteiger partial charge in [0, 0.05) is 38.4 Å². The molecule has 0 aliphatic heterocycles. The summed E-state index contributed by atoms with van der Waals surface area (Å²) in [4.78, 5) is 24.3. The fraction of sp³-hybridized carbons (Fsp3) is 0.286. The van der Waals surface area contributed by atoms with Crippen molar-refractivity contribution in [3.8, 4) is 5.75 Å². The zero-order valence-corrected chi connectivity index (χ0v) is 21.1. The van der Waals surface area contributed by atoms with Crippen molar-refractivity contribution in [1.82, 2.24) is 10.6 Å². The lowest BCUT2D eigenvalue weighted by atomic mass is 10.0. The predicted molar refractivity (Wildman–Crippen MR) is 139 cm³/mol. The first kappa shape index (κ1) is 29.4. The van der Waals surface area contributed by atoms with Crippen molar-refractivity contribution in [2.75, 3.05) is 19.0 Å². The van der Waals surface area contributed by atoms with Gasteiger partial charge in [0.1, 0.15) is 17.4 Å². The van der Waals surface area contributed by atoms with Gasteiger partial charge in [0.2, 0.25) is 5.91 Å². The largest absolute Gasteiger partial charge is 0.507 e. The third kappa shape index (κ3) is 9.98. The number of aromatic hydroxyl groups is 1. The summed E-state index contributed by atoms with van der Waals surface area (Å²) in [7, 11) is 1.00. The first-order valence-corrected chi connectivity index (χ1v) is 11.8. The Morgan fingerprint density at radius 3 is 2.30 bits per heavy atom. The Balaban J connectivity index is 0.00000235. The van der Waals surface area contributed by atoms with Crippen LogP contribution in [0, 0.1) is 18.6 Å². The molecule has 0 spiro atoms. The van der Waals surface area contributed by atoms with Gasteiger partial charge in [-0.3, -0.25) is 9.59 Å². The molecule has 0 heterocycles. The second-order valence-electron chi connectivity index (χ2n) is 8.52. The van der Waals surface area contributed by atoms with Gasteiger partial charge in [-0.25, -0.2) is 8.78 Å². The highest BCUT2D eigenvalue weighted by Gasteiger charge is 2.18. The smallest absolute Gasteiger partial charge is 0.255 e. The van der Waals surface area contributed by atoms with Gasteiger partial charge < -0.3 is 26.2 Å². The van der Waals surface area contributed by atoms with E-state index in [0.717, 1.165) is 24.3 Å². The van der Waals surface area contributed by atoms with E-state index < -0.39 is 23.6 Å². The fourth-order valence-electron chi connectivity index (χ4n) is 3.83. The number of hydrogen-bond donors (Lipinski definition) is 5. The van der Waals surface area contributed by atoms with Crippen molar-refractivity contribution in [3.05, 3.63) is 94.6 Å². The fourth-order valence-corrected chi connectivity index (χ4v) is 3.83. The van der Waals surface area contributed by atoms with E-state index in [1.54, 1.807) is 0 Å². The first-order valence-electron chi connectivity index (χ1n) is 11.8. The summed E-state index contributed by atoms with van der Waals surface area (Å²) in [6, 6.07) is 15.1. The summed E-state index contributed by atoms with van der Waals surface area (Å²) in [6.07, 6.45) is 0.667. The number of benzene rings is 3. The lowest BCUT2D eigenvalue weighted by molar-refractivity contribution is -0.114. The van der Waals surface area contributed by atoms with E-state index in [2.05, 4.69) is 22.0 Å². The van der Waals surface area contributed by atoms with Crippen LogP contribution in [-0.4, -0.2) is 41.7 Å². The van der Waals surface area contributed by atoms with Gasteiger partial charge in [0.15, 0.2) is 0 Å².